The Hall–Kier alpha value is -3.03. The molecule has 0 aliphatic heterocycles. The molecule has 3 rings (SSSR count). The number of carbonyl (C=O) groups excluding carboxylic acids is 3. The van der Waals surface area contributed by atoms with Gasteiger partial charge in [-0.15, -0.1) is 0 Å². The molecule has 0 amide bonds. The van der Waals surface area contributed by atoms with Crippen LogP contribution < -0.4 is 0 Å². The van der Waals surface area contributed by atoms with Crippen LogP contribution in [0, 0.1) is 0 Å². The molecule has 42 heavy (non-hydrogen) atoms. The number of ketones is 1. The molecule has 0 heterocycles. The second-order valence-electron chi connectivity index (χ2n) is 11.0. The van der Waals surface area contributed by atoms with Crippen molar-refractivity contribution in [2.45, 2.75) is 79.1 Å². The van der Waals surface area contributed by atoms with Crippen LogP contribution >= 0.6 is 0 Å². The molecule has 0 unspecified atom stereocenters. The first kappa shape index (κ1) is 33.5. The maximum Gasteiger partial charge on any atom is 0.338 e. The van der Waals surface area contributed by atoms with Gasteiger partial charge >= 0.3 is 11.9 Å². The highest BCUT2D eigenvalue weighted by Gasteiger charge is 2.29. The molecule has 0 aromatic heterocycles. The number of rotatable bonds is 20. The van der Waals surface area contributed by atoms with E-state index in [2.05, 4.69) is 37.5 Å². The summed E-state index contributed by atoms with van der Waals surface area (Å²) in [6.45, 7) is 16.0. The van der Waals surface area contributed by atoms with Gasteiger partial charge in [-0.3, -0.25) is 4.79 Å². The average Bonchev–Trinajstić information content (AvgIpc) is 3.30. The van der Waals surface area contributed by atoms with Crippen LogP contribution in [0.5, 0.6) is 0 Å². The molecule has 1 aliphatic rings. The van der Waals surface area contributed by atoms with Crippen LogP contribution in [0.4, 0.5) is 0 Å². The summed E-state index contributed by atoms with van der Waals surface area (Å²) in [7, 11) is 0. The second kappa shape index (κ2) is 17.8. The smallest absolute Gasteiger partial charge is 0.338 e. The fourth-order valence-corrected chi connectivity index (χ4v) is 5.49. The van der Waals surface area contributed by atoms with Gasteiger partial charge in [0.1, 0.15) is 0 Å². The van der Waals surface area contributed by atoms with Crippen molar-refractivity contribution in [2.24, 2.45) is 0 Å². The molecule has 1 aliphatic carbocycles. The minimum absolute atomic E-state index is 0.189. The SMILES string of the molecule is CCN(CC)CCCCCCOC(=O)c1ccc2c(c1)C(=O)c1cc(C(=O)OCCCCCCN(CC)CC)ccc1-2. The Balaban J connectivity index is 1.44. The molecule has 230 valence electrons. The van der Waals surface area contributed by atoms with Crippen molar-refractivity contribution in [1.29, 1.82) is 0 Å². The minimum atomic E-state index is -0.415. The van der Waals surface area contributed by atoms with Gasteiger partial charge in [0.05, 0.1) is 24.3 Å². The number of nitrogens with zero attached hydrogens (tertiary/aromatic N) is 2. The molecule has 0 fully saturated rings. The van der Waals surface area contributed by atoms with Crippen molar-refractivity contribution in [2.75, 3.05) is 52.5 Å². The number of esters is 2. The van der Waals surface area contributed by atoms with Gasteiger partial charge < -0.3 is 19.3 Å². The highest BCUT2D eigenvalue weighted by molar-refractivity contribution is 6.22. The van der Waals surface area contributed by atoms with E-state index in [9.17, 15) is 14.4 Å². The van der Waals surface area contributed by atoms with E-state index < -0.39 is 11.9 Å². The van der Waals surface area contributed by atoms with Crippen LogP contribution in [0.25, 0.3) is 11.1 Å². The van der Waals surface area contributed by atoms with Crippen LogP contribution in [-0.2, 0) is 9.47 Å². The van der Waals surface area contributed by atoms with Crippen molar-refractivity contribution >= 4 is 17.7 Å². The fourth-order valence-electron chi connectivity index (χ4n) is 5.49. The molecule has 0 atom stereocenters. The van der Waals surface area contributed by atoms with Crippen LogP contribution in [0.2, 0.25) is 0 Å². The number of hydrogen-bond acceptors (Lipinski definition) is 7. The molecule has 0 N–H and O–H groups in total. The van der Waals surface area contributed by atoms with E-state index in [0.717, 1.165) is 102 Å². The Morgan fingerprint density at radius 2 is 0.929 bits per heavy atom. The normalized spacial score (nSPS) is 12.1. The molecule has 0 saturated heterocycles. The molecule has 0 spiro atoms. The van der Waals surface area contributed by atoms with E-state index in [-0.39, 0.29) is 5.78 Å². The van der Waals surface area contributed by atoms with Gasteiger partial charge in [-0.25, -0.2) is 9.59 Å². The summed E-state index contributed by atoms with van der Waals surface area (Å²) in [4.78, 5) is 43.4. The second-order valence-corrected chi connectivity index (χ2v) is 11.0. The lowest BCUT2D eigenvalue weighted by Crippen LogP contribution is -2.23. The highest BCUT2D eigenvalue weighted by atomic mass is 16.5. The standard InChI is InChI=1S/C35H50N2O5/c1-5-36(6-2)21-13-9-11-15-23-41-34(39)27-17-19-29-30-20-18-28(26-32(30)33(38)31(29)25-27)35(40)42-24-16-12-10-14-22-37(7-3)8-4/h17-20,25-26H,5-16,21-24H2,1-4H3. The largest absolute Gasteiger partial charge is 0.462 e. The Kier molecular flexibility index (Phi) is 14.2. The van der Waals surface area contributed by atoms with Crippen molar-refractivity contribution < 1.29 is 23.9 Å². The van der Waals surface area contributed by atoms with Crippen LogP contribution in [0.3, 0.4) is 0 Å². The lowest BCUT2D eigenvalue weighted by molar-refractivity contribution is 0.0488. The summed E-state index contributed by atoms with van der Waals surface area (Å²) in [5.41, 5.74) is 3.20. The van der Waals surface area contributed by atoms with Crippen LogP contribution in [0.15, 0.2) is 36.4 Å². The van der Waals surface area contributed by atoms with Gasteiger partial charge in [0.2, 0.25) is 0 Å². The summed E-state index contributed by atoms with van der Waals surface area (Å²) < 4.78 is 11.0. The summed E-state index contributed by atoms with van der Waals surface area (Å²) >= 11 is 0. The quantitative estimate of drug-likeness (QED) is 0.105. The third kappa shape index (κ3) is 9.50. The zero-order chi connectivity index (χ0) is 30.3. The molecule has 0 saturated carbocycles. The van der Waals surface area contributed by atoms with Gasteiger partial charge in [-0.1, -0.05) is 65.5 Å². The lowest BCUT2D eigenvalue weighted by Gasteiger charge is -2.17. The van der Waals surface area contributed by atoms with Gasteiger partial charge in [0.15, 0.2) is 5.78 Å². The Morgan fingerprint density at radius 1 is 0.548 bits per heavy atom. The number of benzene rings is 2. The summed E-state index contributed by atoms with van der Waals surface area (Å²) in [5.74, 6) is -1.02. The Morgan fingerprint density at radius 3 is 1.31 bits per heavy atom. The first-order valence-corrected chi connectivity index (χ1v) is 16.0. The van der Waals surface area contributed by atoms with Gasteiger partial charge in [-0.05, 0) is 100 Å². The summed E-state index contributed by atoms with van der Waals surface area (Å²) in [6, 6.07) is 10.2. The minimum Gasteiger partial charge on any atom is -0.462 e. The number of ether oxygens (including phenoxy) is 2. The Bertz CT molecular complexity index is 1080. The number of fused-ring (bicyclic) bond motifs is 3. The zero-order valence-electron chi connectivity index (χ0n) is 26.2. The van der Waals surface area contributed by atoms with Crippen LogP contribution in [-0.4, -0.2) is 80.0 Å². The van der Waals surface area contributed by atoms with E-state index in [0.29, 0.717) is 35.5 Å². The maximum absolute atomic E-state index is 13.2. The van der Waals surface area contributed by atoms with E-state index in [1.807, 2.05) is 0 Å². The van der Waals surface area contributed by atoms with E-state index >= 15 is 0 Å². The molecule has 7 nitrogen and oxygen atoms in total. The molecule has 0 radical (unpaired) electrons. The highest BCUT2D eigenvalue weighted by Crippen LogP contribution is 2.37. The molecule has 7 heteroatoms. The van der Waals surface area contributed by atoms with Crippen molar-refractivity contribution in [3.63, 3.8) is 0 Å². The topological polar surface area (TPSA) is 76.1 Å². The summed E-state index contributed by atoms with van der Waals surface area (Å²) in [5, 5.41) is 0. The average molecular weight is 579 g/mol. The predicted octanol–water partition coefficient (Wildman–Crippen LogP) is 7.02. The van der Waals surface area contributed by atoms with Crippen molar-refractivity contribution in [1.82, 2.24) is 9.80 Å². The van der Waals surface area contributed by atoms with Gasteiger partial charge in [0, 0.05) is 11.1 Å². The maximum atomic E-state index is 13.2. The number of carbonyl (C=O) groups is 3. The fraction of sp³-hybridized carbons (Fsp3) is 0.571. The van der Waals surface area contributed by atoms with E-state index in [1.54, 1.807) is 36.4 Å². The molecular formula is C35H50N2O5. The first-order valence-electron chi connectivity index (χ1n) is 16.0. The number of hydrogen-bond donors (Lipinski definition) is 0. The van der Waals surface area contributed by atoms with E-state index in [4.69, 9.17) is 9.47 Å². The zero-order valence-corrected chi connectivity index (χ0v) is 26.2. The Labute approximate surface area is 252 Å². The molecular weight excluding hydrogens is 528 g/mol. The summed E-state index contributed by atoms with van der Waals surface area (Å²) in [6.07, 6.45) is 8.24. The molecule has 2 aromatic carbocycles. The van der Waals surface area contributed by atoms with Gasteiger partial charge in [-0.2, -0.15) is 0 Å². The van der Waals surface area contributed by atoms with Crippen LogP contribution in [0.1, 0.15) is 116 Å². The first-order chi connectivity index (χ1) is 20.4. The third-order valence-corrected chi connectivity index (χ3v) is 8.28. The number of unbranched alkanes of at least 4 members (excludes halogenated alkanes) is 6. The van der Waals surface area contributed by atoms with Crippen molar-refractivity contribution in [3.8, 4) is 11.1 Å². The monoisotopic (exact) mass is 578 g/mol. The van der Waals surface area contributed by atoms with Crippen molar-refractivity contribution in [3.05, 3.63) is 58.7 Å². The molecule has 2 aromatic rings. The third-order valence-electron chi connectivity index (χ3n) is 8.28. The lowest BCUT2D eigenvalue weighted by atomic mass is 10.0. The van der Waals surface area contributed by atoms with E-state index in [1.165, 1.54) is 0 Å². The van der Waals surface area contributed by atoms with Gasteiger partial charge in [0.25, 0.3) is 0 Å². The molecule has 0 bridgehead atoms. The predicted molar refractivity (Wildman–Crippen MR) is 168 cm³/mol.